The van der Waals surface area contributed by atoms with Gasteiger partial charge in [-0.05, 0) is 18.6 Å². The van der Waals surface area contributed by atoms with Gasteiger partial charge in [0.15, 0.2) is 0 Å². The van der Waals surface area contributed by atoms with Crippen LogP contribution in [0.4, 0.5) is 10.5 Å². The zero-order chi connectivity index (χ0) is 16.0. The molecule has 0 spiro atoms. The van der Waals surface area contributed by atoms with Crippen LogP contribution in [-0.2, 0) is 9.59 Å². The van der Waals surface area contributed by atoms with E-state index in [9.17, 15) is 19.5 Å². The molecular weight excluding hydrogens is 278 g/mol. The molecule has 0 heterocycles. The second kappa shape index (κ2) is 7.13. The summed E-state index contributed by atoms with van der Waals surface area (Å²) in [5, 5.41) is 20.6. The number of primary amides is 1. The number of rotatable bonds is 6. The first-order valence-corrected chi connectivity index (χ1v) is 6.15. The molecule has 0 saturated carbocycles. The van der Waals surface area contributed by atoms with E-state index in [2.05, 4.69) is 5.32 Å². The Morgan fingerprint density at radius 3 is 2.57 bits per heavy atom. The quantitative estimate of drug-likeness (QED) is 0.597. The smallest absolute Gasteiger partial charge is 0.326 e. The lowest BCUT2D eigenvalue weighted by Crippen LogP contribution is -2.47. The second-order valence-electron chi connectivity index (χ2n) is 4.42. The lowest BCUT2D eigenvalue weighted by atomic mass is 10.1. The molecule has 0 radical (unpaired) electrons. The first kappa shape index (κ1) is 16.3. The molecule has 0 aliphatic carbocycles. The maximum Gasteiger partial charge on any atom is 0.326 e. The molecule has 1 aromatic rings. The molecular formula is C13H17N3O5. The number of aliphatic carboxylic acids is 1. The first-order valence-electron chi connectivity index (χ1n) is 6.15. The Labute approximate surface area is 121 Å². The molecule has 0 fully saturated rings. The van der Waals surface area contributed by atoms with Crippen LogP contribution in [0, 0.1) is 0 Å². The molecule has 0 saturated heterocycles. The fourth-order valence-corrected chi connectivity index (χ4v) is 1.61. The van der Waals surface area contributed by atoms with Crippen molar-refractivity contribution in [3.05, 3.63) is 24.3 Å². The van der Waals surface area contributed by atoms with Crippen molar-refractivity contribution in [1.82, 2.24) is 5.32 Å². The van der Waals surface area contributed by atoms with Crippen molar-refractivity contribution < 1.29 is 24.6 Å². The number of carbonyl (C=O) groups is 3. The van der Waals surface area contributed by atoms with Gasteiger partial charge in [0.2, 0.25) is 5.91 Å². The Kier molecular flexibility index (Phi) is 5.53. The van der Waals surface area contributed by atoms with Crippen molar-refractivity contribution in [3.8, 4) is 5.75 Å². The Balaban J connectivity index is 2.72. The summed E-state index contributed by atoms with van der Waals surface area (Å²) < 4.78 is 0. The number of hydrogen-bond acceptors (Lipinski definition) is 4. The molecule has 0 unspecified atom stereocenters. The maximum absolute atomic E-state index is 12.0. The van der Waals surface area contributed by atoms with Crippen molar-refractivity contribution in [2.75, 3.05) is 11.9 Å². The number of hydrogen-bond donors (Lipinski definition) is 4. The zero-order valence-electron chi connectivity index (χ0n) is 11.4. The van der Waals surface area contributed by atoms with E-state index in [0.29, 0.717) is 5.69 Å². The number of benzene rings is 1. The van der Waals surface area contributed by atoms with Gasteiger partial charge in [0, 0.05) is 25.2 Å². The third kappa shape index (κ3) is 5.01. The topological polar surface area (TPSA) is 133 Å². The van der Waals surface area contributed by atoms with Gasteiger partial charge in [0.05, 0.1) is 0 Å². The molecule has 21 heavy (non-hydrogen) atoms. The number of nitrogens with one attached hydrogen (secondary N) is 1. The monoisotopic (exact) mass is 295 g/mol. The van der Waals surface area contributed by atoms with E-state index in [0.717, 1.165) is 4.90 Å². The molecule has 1 atom stereocenters. The van der Waals surface area contributed by atoms with Crippen LogP contribution in [0.25, 0.3) is 0 Å². The molecule has 8 heteroatoms. The molecule has 1 rings (SSSR count). The number of nitrogens with zero attached hydrogens (tertiary/aromatic N) is 1. The Morgan fingerprint density at radius 1 is 1.38 bits per heavy atom. The average Bonchev–Trinajstić information content (AvgIpc) is 2.41. The van der Waals surface area contributed by atoms with Crippen LogP contribution in [0.2, 0.25) is 0 Å². The molecule has 1 aromatic carbocycles. The lowest BCUT2D eigenvalue weighted by Gasteiger charge is -2.21. The van der Waals surface area contributed by atoms with Gasteiger partial charge in [-0.2, -0.15) is 0 Å². The molecule has 0 aliphatic rings. The van der Waals surface area contributed by atoms with Gasteiger partial charge >= 0.3 is 12.0 Å². The summed E-state index contributed by atoms with van der Waals surface area (Å²) in [6.07, 6.45) is -0.239. The van der Waals surface area contributed by atoms with Gasteiger partial charge in [-0.1, -0.05) is 6.07 Å². The van der Waals surface area contributed by atoms with E-state index in [1.54, 1.807) is 12.1 Å². The van der Waals surface area contributed by atoms with Gasteiger partial charge in [-0.25, -0.2) is 9.59 Å². The predicted molar refractivity (Wildman–Crippen MR) is 74.9 cm³/mol. The minimum atomic E-state index is -1.26. The molecule has 0 aliphatic heterocycles. The Bertz CT molecular complexity index is 546. The minimum absolute atomic E-state index is 0.0179. The number of phenols is 1. The summed E-state index contributed by atoms with van der Waals surface area (Å²) in [5.74, 6) is -1.92. The van der Waals surface area contributed by atoms with Gasteiger partial charge in [0.25, 0.3) is 0 Å². The number of nitrogens with two attached hydrogens (primary N) is 1. The molecule has 0 aromatic heterocycles. The molecule has 8 nitrogen and oxygen atoms in total. The first-order chi connectivity index (χ1) is 9.81. The Hall–Kier alpha value is -2.77. The SMILES string of the molecule is CN(C(=O)N[C@H](CCC(N)=O)C(=O)O)c1cccc(O)c1. The Morgan fingerprint density at radius 2 is 2.05 bits per heavy atom. The van der Waals surface area contributed by atoms with Gasteiger partial charge in [-0.3, -0.25) is 9.69 Å². The summed E-state index contributed by atoms with van der Waals surface area (Å²) >= 11 is 0. The number of urea groups is 1. The number of phenolic OH excluding ortho intramolecular Hbond substituents is 1. The number of carboxylic acid groups (broad SMARTS) is 1. The maximum atomic E-state index is 12.0. The number of carbonyl (C=O) groups excluding carboxylic acids is 2. The van der Waals surface area contributed by atoms with Crippen LogP contribution < -0.4 is 16.0 Å². The largest absolute Gasteiger partial charge is 0.508 e. The summed E-state index contributed by atoms with van der Waals surface area (Å²) in [6, 6.07) is 4.05. The van der Waals surface area contributed by atoms with Crippen LogP contribution >= 0.6 is 0 Å². The van der Waals surface area contributed by atoms with Gasteiger partial charge < -0.3 is 21.3 Å². The predicted octanol–water partition coefficient (Wildman–Crippen LogP) is 0.257. The average molecular weight is 295 g/mol. The summed E-state index contributed by atoms with van der Waals surface area (Å²) in [5.41, 5.74) is 5.35. The third-order valence-electron chi connectivity index (χ3n) is 2.80. The molecule has 114 valence electrons. The lowest BCUT2D eigenvalue weighted by molar-refractivity contribution is -0.139. The van der Waals surface area contributed by atoms with Gasteiger partial charge in [0.1, 0.15) is 11.8 Å². The van der Waals surface area contributed by atoms with E-state index < -0.39 is 23.9 Å². The number of aromatic hydroxyl groups is 1. The highest BCUT2D eigenvalue weighted by Crippen LogP contribution is 2.18. The summed E-state index contributed by atoms with van der Waals surface area (Å²) in [4.78, 5) is 34.8. The fourth-order valence-electron chi connectivity index (χ4n) is 1.61. The van der Waals surface area contributed by atoms with E-state index in [1.807, 2.05) is 0 Å². The fraction of sp³-hybridized carbons (Fsp3) is 0.308. The highest BCUT2D eigenvalue weighted by molar-refractivity contribution is 5.94. The second-order valence-corrected chi connectivity index (χ2v) is 4.42. The van der Waals surface area contributed by atoms with Crippen molar-refractivity contribution in [3.63, 3.8) is 0 Å². The number of amides is 3. The van der Waals surface area contributed by atoms with Crippen molar-refractivity contribution in [2.45, 2.75) is 18.9 Å². The van der Waals surface area contributed by atoms with E-state index >= 15 is 0 Å². The van der Waals surface area contributed by atoms with E-state index in [-0.39, 0.29) is 18.6 Å². The van der Waals surface area contributed by atoms with Crippen LogP contribution in [0.3, 0.4) is 0 Å². The third-order valence-corrected chi connectivity index (χ3v) is 2.80. The highest BCUT2D eigenvalue weighted by atomic mass is 16.4. The van der Waals surface area contributed by atoms with Crippen molar-refractivity contribution in [2.24, 2.45) is 5.73 Å². The highest BCUT2D eigenvalue weighted by Gasteiger charge is 2.22. The van der Waals surface area contributed by atoms with E-state index in [1.165, 1.54) is 19.2 Å². The molecule has 5 N–H and O–H groups in total. The normalized spacial score (nSPS) is 11.5. The zero-order valence-corrected chi connectivity index (χ0v) is 11.4. The molecule has 0 bridgehead atoms. The number of anilines is 1. The van der Waals surface area contributed by atoms with Crippen molar-refractivity contribution in [1.29, 1.82) is 0 Å². The summed E-state index contributed by atoms with van der Waals surface area (Å²) in [6.45, 7) is 0. The van der Waals surface area contributed by atoms with Gasteiger partial charge in [-0.15, -0.1) is 0 Å². The van der Waals surface area contributed by atoms with Crippen LogP contribution in [-0.4, -0.2) is 41.2 Å². The van der Waals surface area contributed by atoms with Crippen LogP contribution in [0.5, 0.6) is 5.75 Å². The van der Waals surface area contributed by atoms with Crippen molar-refractivity contribution >= 4 is 23.6 Å². The van der Waals surface area contributed by atoms with E-state index in [4.69, 9.17) is 10.8 Å². The molecule has 3 amide bonds. The number of carboxylic acids is 1. The minimum Gasteiger partial charge on any atom is -0.508 e. The van der Waals surface area contributed by atoms with Crippen LogP contribution in [0.1, 0.15) is 12.8 Å². The van der Waals surface area contributed by atoms with Crippen LogP contribution in [0.15, 0.2) is 24.3 Å². The summed E-state index contributed by atoms with van der Waals surface area (Å²) in [7, 11) is 1.43. The standard InChI is InChI=1S/C13H17N3O5/c1-16(8-3-2-4-9(17)7-8)13(21)15-10(12(19)20)5-6-11(14)18/h2-4,7,10,17H,5-6H2,1H3,(H2,14,18)(H,15,21)(H,19,20)/t10-/m1/s1.